The van der Waals surface area contributed by atoms with Gasteiger partial charge in [-0.25, -0.2) is 13.2 Å². The van der Waals surface area contributed by atoms with Crippen molar-refractivity contribution in [2.24, 2.45) is 0 Å². The minimum Gasteiger partial charge on any atom is -0.480 e. The zero-order valence-electron chi connectivity index (χ0n) is 13.4. The SMILES string of the molecule is C/C=C/CC(NC(=O)c1cc(S(C)(=O)=O)ccc1CC)C(=O)O. The van der Waals surface area contributed by atoms with Crippen molar-refractivity contribution in [2.75, 3.05) is 6.26 Å². The highest BCUT2D eigenvalue weighted by Crippen LogP contribution is 2.17. The summed E-state index contributed by atoms with van der Waals surface area (Å²) in [4.78, 5) is 23.6. The van der Waals surface area contributed by atoms with Crippen molar-refractivity contribution in [3.63, 3.8) is 0 Å². The summed E-state index contributed by atoms with van der Waals surface area (Å²) >= 11 is 0. The molecule has 1 amide bonds. The molecule has 2 N–H and O–H groups in total. The lowest BCUT2D eigenvalue weighted by molar-refractivity contribution is -0.139. The summed E-state index contributed by atoms with van der Waals surface area (Å²) in [6.45, 7) is 3.59. The lowest BCUT2D eigenvalue weighted by atomic mass is 10.0. The van der Waals surface area contributed by atoms with E-state index in [4.69, 9.17) is 5.11 Å². The molecule has 0 heterocycles. The molecule has 1 aromatic rings. The Bertz CT molecular complexity index is 722. The van der Waals surface area contributed by atoms with Crippen molar-refractivity contribution in [2.45, 2.75) is 37.6 Å². The Morgan fingerprint density at radius 1 is 1.35 bits per heavy atom. The van der Waals surface area contributed by atoms with E-state index in [1.165, 1.54) is 12.1 Å². The monoisotopic (exact) mass is 339 g/mol. The van der Waals surface area contributed by atoms with E-state index in [9.17, 15) is 18.0 Å². The summed E-state index contributed by atoms with van der Waals surface area (Å²) in [5.74, 6) is -1.74. The second-order valence-electron chi connectivity index (χ2n) is 5.11. The number of nitrogens with one attached hydrogen (secondary N) is 1. The Kier molecular flexibility index (Phi) is 6.50. The van der Waals surface area contributed by atoms with Gasteiger partial charge in [-0.15, -0.1) is 0 Å². The van der Waals surface area contributed by atoms with Crippen molar-refractivity contribution in [1.82, 2.24) is 5.32 Å². The molecular weight excluding hydrogens is 318 g/mol. The highest BCUT2D eigenvalue weighted by atomic mass is 32.2. The van der Waals surface area contributed by atoms with Crippen LogP contribution in [0.4, 0.5) is 0 Å². The normalized spacial score (nSPS) is 13.0. The number of carboxylic acids is 1. The van der Waals surface area contributed by atoms with Crippen molar-refractivity contribution in [1.29, 1.82) is 0 Å². The Morgan fingerprint density at radius 2 is 2.00 bits per heavy atom. The fourth-order valence-electron chi connectivity index (χ4n) is 2.04. The summed E-state index contributed by atoms with van der Waals surface area (Å²) in [6.07, 6.45) is 5.09. The van der Waals surface area contributed by atoms with Crippen molar-refractivity contribution >= 4 is 21.7 Å². The molecule has 6 nitrogen and oxygen atoms in total. The van der Waals surface area contributed by atoms with Gasteiger partial charge in [-0.1, -0.05) is 25.1 Å². The largest absolute Gasteiger partial charge is 0.480 e. The van der Waals surface area contributed by atoms with Crippen LogP contribution in [0.3, 0.4) is 0 Å². The summed E-state index contributed by atoms with van der Waals surface area (Å²) in [5.41, 5.74) is 0.840. The van der Waals surface area contributed by atoms with E-state index in [-0.39, 0.29) is 16.9 Å². The summed E-state index contributed by atoms with van der Waals surface area (Å²) in [6, 6.07) is 3.25. The molecule has 0 fully saturated rings. The van der Waals surface area contributed by atoms with Gasteiger partial charge in [-0.2, -0.15) is 0 Å². The smallest absolute Gasteiger partial charge is 0.326 e. The number of allylic oxidation sites excluding steroid dienone is 1. The Hall–Kier alpha value is -2.15. The molecular formula is C16H21NO5S. The molecule has 0 aromatic heterocycles. The Labute approximate surface area is 136 Å². The summed E-state index contributed by atoms with van der Waals surface area (Å²) in [5, 5.41) is 11.6. The molecule has 0 aliphatic carbocycles. The Morgan fingerprint density at radius 3 is 2.48 bits per heavy atom. The number of sulfone groups is 1. The predicted molar refractivity (Wildman–Crippen MR) is 87.3 cm³/mol. The van der Waals surface area contributed by atoms with Crippen molar-refractivity contribution in [3.8, 4) is 0 Å². The number of rotatable bonds is 7. The molecule has 0 radical (unpaired) electrons. The molecule has 1 aromatic carbocycles. The first kappa shape index (κ1) is 18.9. The highest BCUT2D eigenvalue weighted by Gasteiger charge is 2.22. The maximum absolute atomic E-state index is 12.4. The van der Waals surface area contributed by atoms with Gasteiger partial charge in [0.1, 0.15) is 6.04 Å². The quantitative estimate of drug-likeness (QED) is 0.738. The lowest BCUT2D eigenvalue weighted by Crippen LogP contribution is -2.40. The molecule has 0 spiro atoms. The fourth-order valence-corrected chi connectivity index (χ4v) is 2.68. The van der Waals surface area contributed by atoms with E-state index >= 15 is 0 Å². The van der Waals surface area contributed by atoms with Crippen LogP contribution in [0.1, 0.15) is 36.2 Å². The number of aliphatic carboxylic acids is 1. The van der Waals surface area contributed by atoms with Crippen LogP contribution in [0.15, 0.2) is 35.2 Å². The van der Waals surface area contributed by atoms with E-state index in [1.54, 1.807) is 25.1 Å². The molecule has 0 saturated carbocycles. The maximum Gasteiger partial charge on any atom is 0.326 e. The van der Waals surface area contributed by atoms with Gasteiger partial charge in [0.2, 0.25) is 0 Å². The second-order valence-corrected chi connectivity index (χ2v) is 7.13. The van der Waals surface area contributed by atoms with Crippen LogP contribution in [0.5, 0.6) is 0 Å². The zero-order valence-corrected chi connectivity index (χ0v) is 14.2. The number of benzene rings is 1. The van der Waals surface area contributed by atoms with Gasteiger partial charge in [0.25, 0.3) is 5.91 Å². The van der Waals surface area contributed by atoms with Crippen LogP contribution >= 0.6 is 0 Å². The van der Waals surface area contributed by atoms with E-state index < -0.39 is 27.8 Å². The fraction of sp³-hybridized carbons (Fsp3) is 0.375. The predicted octanol–water partition coefficient (Wildman–Crippen LogP) is 1.80. The van der Waals surface area contributed by atoms with Gasteiger partial charge < -0.3 is 10.4 Å². The molecule has 1 rings (SSSR count). The van der Waals surface area contributed by atoms with Crippen LogP contribution < -0.4 is 5.32 Å². The third-order valence-corrected chi connectivity index (χ3v) is 4.46. The molecule has 126 valence electrons. The highest BCUT2D eigenvalue weighted by molar-refractivity contribution is 7.90. The number of hydrogen-bond donors (Lipinski definition) is 2. The average molecular weight is 339 g/mol. The first-order valence-electron chi connectivity index (χ1n) is 7.18. The number of hydrogen-bond acceptors (Lipinski definition) is 4. The molecule has 7 heteroatoms. The van der Waals surface area contributed by atoms with E-state index in [1.807, 2.05) is 6.92 Å². The summed E-state index contributed by atoms with van der Waals surface area (Å²) < 4.78 is 23.3. The first-order valence-corrected chi connectivity index (χ1v) is 9.07. The second kappa shape index (κ2) is 7.92. The molecule has 23 heavy (non-hydrogen) atoms. The average Bonchev–Trinajstić information content (AvgIpc) is 2.49. The number of amides is 1. The number of carbonyl (C=O) groups is 2. The molecule has 1 unspecified atom stereocenters. The number of carbonyl (C=O) groups excluding carboxylic acids is 1. The van der Waals surface area contributed by atoms with E-state index in [2.05, 4.69) is 5.32 Å². The van der Waals surface area contributed by atoms with Gasteiger partial charge in [0, 0.05) is 11.8 Å². The number of carboxylic acid groups (broad SMARTS) is 1. The molecule has 1 atom stereocenters. The minimum absolute atomic E-state index is 0.0279. The van der Waals surface area contributed by atoms with Crippen LogP contribution in [0.25, 0.3) is 0 Å². The van der Waals surface area contributed by atoms with Crippen LogP contribution in [-0.4, -0.2) is 37.7 Å². The summed E-state index contributed by atoms with van der Waals surface area (Å²) in [7, 11) is -3.45. The van der Waals surface area contributed by atoms with Gasteiger partial charge in [0.05, 0.1) is 4.90 Å². The third-order valence-electron chi connectivity index (χ3n) is 3.35. The Balaban J connectivity index is 3.17. The van der Waals surface area contributed by atoms with Crippen LogP contribution in [-0.2, 0) is 21.1 Å². The van der Waals surface area contributed by atoms with E-state index in [0.29, 0.717) is 12.0 Å². The van der Waals surface area contributed by atoms with Crippen LogP contribution in [0, 0.1) is 0 Å². The van der Waals surface area contributed by atoms with Crippen molar-refractivity contribution in [3.05, 3.63) is 41.5 Å². The molecule has 0 aliphatic rings. The molecule has 0 aliphatic heterocycles. The van der Waals surface area contributed by atoms with Gasteiger partial charge in [-0.3, -0.25) is 4.79 Å². The standard InChI is InChI=1S/C16H21NO5S/c1-4-6-7-14(16(19)20)17-15(18)13-10-12(23(3,21)22)9-8-11(13)5-2/h4,6,8-10,14H,5,7H2,1-3H3,(H,17,18)(H,19,20)/b6-4+. The van der Waals surface area contributed by atoms with Gasteiger partial charge in [0.15, 0.2) is 9.84 Å². The lowest BCUT2D eigenvalue weighted by Gasteiger charge is -2.15. The molecule has 0 bridgehead atoms. The van der Waals surface area contributed by atoms with E-state index in [0.717, 1.165) is 6.26 Å². The number of aryl methyl sites for hydroxylation is 1. The van der Waals surface area contributed by atoms with Gasteiger partial charge >= 0.3 is 5.97 Å². The zero-order chi connectivity index (χ0) is 17.6. The first-order chi connectivity index (χ1) is 10.7. The minimum atomic E-state index is -3.45. The molecule has 0 saturated heterocycles. The third kappa shape index (κ3) is 5.21. The topological polar surface area (TPSA) is 101 Å². The van der Waals surface area contributed by atoms with Crippen LogP contribution in [0.2, 0.25) is 0 Å². The van der Waals surface area contributed by atoms with Crippen molar-refractivity contribution < 1.29 is 23.1 Å². The maximum atomic E-state index is 12.4. The van der Waals surface area contributed by atoms with Gasteiger partial charge in [-0.05, 0) is 37.5 Å².